The molecule has 1 unspecified atom stereocenters. The van der Waals surface area contributed by atoms with Gasteiger partial charge in [0.2, 0.25) is 0 Å². The lowest BCUT2D eigenvalue weighted by atomic mass is 9.81. The Morgan fingerprint density at radius 1 is 0.972 bits per heavy atom. The second kappa shape index (κ2) is 10.1. The number of methoxy groups -OCH3 is 1. The predicted octanol–water partition coefficient (Wildman–Crippen LogP) is 6.16. The van der Waals surface area contributed by atoms with Gasteiger partial charge >= 0.3 is 0 Å². The van der Waals surface area contributed by atoms with Gasteiger partial charge in [-0.25, -0.2) is 0 Å². The van der Waals surface area contributed by atoms with Crippen molar-refractivity contribution in [2.45, 2.75) is 31.8 Å². The molecular formula is C31H35N3O2. The summed E-state index contributed by atoms with van der Waals surface area (Å²) in [6, 6.07) is 19.2. The van der Waals surface area contributed by atoms with Crippen molar-refractivity contribution in [2.24, 2.45) is 0 Å². The van der Waals surface area contributed by atoms with Crippen molar-refractivity contribution in [1.29, 1.82) is 5.41 Å². The number of hydrogen-bond donors (Lipinski definition) is 1. The van der Waals surface area contributed by atoms with Gasteiger partial charge in [0.1, 0.15) is 5.76 Å². The first-order valence-corrected chi connectivity index (χ1v) is 12.9. The maximum atomic E-state index is 8.64. The van der Waals surface area contributed by atoms with E-state index in [1.165, 1.54) is 24.9 Å². The van der Waals surface area contributed by atoms with Crippen LogP contribution in [0.5, 0.6) is 0 Å². The van der Waals surface area contributed by atoms with Crippen molar-refractivity contribution >= 4 is 11.4 Å². The molecule has 2 heterocycles. The van der Waals surface area contributed by atoms with Crippen LogP contribution in [0.2, 0.25) is 0 Å². The van der Waals surface area contributed by atoms with Gasteiger partial charge in [0.25, 0.3) is 0 Å². The predicted molar refractivity (Wildman–Crippen MR) is 146 cm³/mol. The maximum Gasteiger partial charge on any atom is 0.199 e. The maximum absolute atomic E-state index is 8.64. The Bertz CT molecular complexity index is 1230. The molecule has 0 radical (unpaired) electrons. The van der Waals surface area contributed by atoms with Gasteiger partial charge in [0.15, 0.2) is 11.5 Å². The normalized spacial score (nSPS) is 22.8. The van der Waals surface area contributed by atoms with Crippen LogP contribution in [0.25, 0.3) is 0 Å². The van der Waals surface area contributed by atoms with E-state index in [-0.39, 0.29) is 0 Å². The zero-order valence-corrected chi connectivity index (χ0v) is 21.5. The summed E-state index contributed by atoms with van der Waals surface area (Å²) >= 11 is 0. The third-order valence-electron chi connectivity index (χ3n) is 7.41. The van der Waals surface area contributed by atoms with E-state index in [1.807, 2.05) is 24.1 Å². The highest BCUT2D eigenvalue weighted by atomic mass is 16.5. The van der Waals surface area contributed by atoms with Gasteiger partial charge in [-0.05, 0) is 62.6 Å². The molecule has 186 valence electrons. The van der Waals surface area contributed by atoms with E-state index in [4.69, 9.17) is 14.9 Å². The Balaban J connectivity index is 1.58. The molecule has 1 aliphatic carbocycles. The molecule has 1 atom stereocenters. The van der Waals surface area contributed by atoms with Crippen LogP contribution in [0.4, 0.5) is 5.69 Å². The summed E-state index contributed by atoms with van der Waals surface area (Å²) < 4.78 is 12.7. The molecular weight excluding hydrogens is 446 g/mol. The molecule has 5 nitrogen and oxygen atoms in total. The molecule has 0 aromatic heterocycles. The van der Waals surface area contributed by atoms with Crippen molar-refractivity contribution in [1.82, 2.24) is 4.90 Å². The smallest absolute Gasteiger partial charge is 0.199 e. The summed E-state index contributed by atoms with van der Waals surface area (Å²) in [5, 5.41) is 8.64. The van der Waals surface area contributed by atoms with Crippen LogP contribution in [-0.2, 0) is 15.1 Å². The fourth-order valence-electron chi connectivity index (χ4n) is 5.32. The van der Waals surface area contributed by atoms with E-state index >= 15 is 0 Å². The molecule has 36 heavy (non-hydrogen) atoms. The monoisotopic (exact) mass is 481 g/mol. The minimum Gasteiger partial charge on any atom is -0.482 e. The summed E-state index contributed by atoms with van der Waals surface area (Å²) in [6.07, 6.45) is 11.8. The average Bonchev–Trinajstić information content (AvgIpc) is 2.95. The quantitative estimate of drug-likeness (QED) is 0.502. The Morgan fingerprint density at radius 3 is 2.33 bits per heavy atom. The molecule has 2 aromatic carbocycles. The number of benzene rings is 2. The lowest BCUT2D eigenvalue weighted by Crippen LogP contribution is -2.33. The van der Waals surface area contributed by atoms with Gasteiger partial charge < -0.3 is 24.7 Å². The van der Waals surface area contributed by atoms with Crippen LogP contribution >= 0.6 is 0 Å². The molecule has 2 aromatic rings. The van der Waals surface area contributed by atoms with Gasteiger partial charge in [-0.15, -0.1) is 0 Å². The van der Waals surface area contributed by atoms with Crippen molar-refractivity contribution in [3.8, 4) is 0 Å². The summed E-state index contributed by atoms with van der Waals surface area (Å²) in [7, 11) is 3.63. The minimum atomic E-state index is -0.764. The van der Waals surface area contributed by atoms with E-state index in [1.54, 1.807) is 13.2 Å². The van der Waals surface area contributed by atoms with Crippen LogP contribution in [0.1, 0.15) is 37.3 Å². The lowest BCUT2D eigenvalue weighted by molar-refractivity contribution is 0.0813. The molecule has 0 spiro atoms. The fourth-order valence-corrected chi connectivity index (χ4v) is 5.32. The molecule has 2 aliphatic heterocycles. The molecule has 3 aliphatic rings. The lowest BCUT2D eigenvalue weighted by Gasteiger charge is -2.38. The third-order valence-corrected chi connectivity index (χ3v) is 7.41. The number of ether oxygens (including phenoxy) is 2. The van der Waals surface area contributed by atoms with Gasteiger partial charge in [0, 0.05) is 49.1 Å². The number of piperidine rings is 1. The van der Waals surface area contributed by atoms with Crippen molar-refractivity contribution in [2.75, 3.05) is 38.7 Å². The zero-order valence-electron chi connectivity index (χ0n) is 21.5. The first kappa shape index (κ1) is 24.0. The topological polar surface area (TPSA) is 48.8 Å². The highest BCUT2D eigenvalue weighted by molar-refractivity contribution is 6.12. The molecule has 0 bridgehead atoms. The number of rotatable bonds is 6. The summed E-state index contributed by atoms with van der Waals surface area (Å²) in [6.45, 7) is 5.08. The van der Waals surface area contributed by atoms with Crippen LogP contribution in [0, 0.1) is 5.41 Å². The average molecular weight is 482 g/mol. The SMILES string of the molecule is CCN(C)/C(OC)=C1\C(=N)C=CC2=C1C=CC(c1ccccc1)(c1ccc(N3CCCCC3)cc1)O2. The molecule has 1 N–H and O–H groups in total. The number of allylic oxidation sites excluding steroid dienone is 5. The van der Waals surface area contributed by atoms with Gasteiger partial charge in [-0.1, -0.05) is 42.5 Å². The Kier molecular flexibility index (Phi) is 6.73. The van der Waals surface area contributed by atoms with Gasteiger partial charge in [-0.2, -0.15) is 0 Å². The summed E-state index contributed by atoms with van der Waals surface area (Å²) in [5.74, 6) is 1.41. The second-order valence-electron chi connectivity index (χ2n) is 9.56. The van der Waals surface area contributed by atoms with Gasteiger partial charge in [0.05, 0.1) is 18.4 Å². The highest BCUT2D eigenvalue weighted by Crippen LogP contribution is 2.44. The van der Waals surface area contributed by atoms with E-state index in [9.17, 15) is 0 Å². The zero-order chi connectivity index (χ0) is 25.1. The number of hydrogen-bond acceptors (Lipinski definition) is 5. The first-order valence-electron chi connectivity index (χ1n) is 12.9. The molecule has 0 saturated carbocycles. The van der Waals surface area contributed by atoms with Crippen molar-refractivity contribution in [3.63, 3.8) is 0 Å². The van der Waals surface area contributed by atoms with Crippen LogP contribution in [0.3, 0.4) is 0 Å². The molecule has 1 saturated heterocycles. The number of nitrogens with one attached hydrogen (secondary N) is 1. The Morgan fingerprint density at radius 2 is 1.67 bits per heavy atom. The molecule has 5 rings (SSSR count). The van der Waals surface area contributed by atoms with Crippen LogP contribution < -0.4 is 4.90 Å². The van der Waals surface area contributed by atoms with E-state index in [0.717, 1.165) is 47.7 Å². The Labute approximate surface area is 214 Å². The van der Waals surface area contributed by atoms with E-state index in [0.29, 0.717) is 11.6 Å². The largest absolute Gasteiger partial charge is 0.482 e. The number of nitrogens with zero attached hydrogens (tertiary/aromatic N) is 2. The second-order valence-corrected chi connectivity index (χ2v) is 9.56. The minimum absolute atomic E-state index is 0.414. The molecule has 0 amide bonds. The first-order chi connectivity index (χ1) is 17.6. The highest BCUT2D eigenvalue weighted by Gasteiger charge is 2.39. The van der Waals surface area contributed by atoms with Gasteiger partial charge in [-0.3, -0.25) is 0 Å². The fraction of sp³-hybridized carbons (Fsp3) is 0.323. The third kappa shape index (κ3) is 4.23. The van der Waals surface area contributed by atoms with Crippen molar-refractivity contribution in [3.05, 3.63) is 113 Å². The van der Waals surface area contributed by atoms with Crippen LogP contribution in [0.15, 0.2) is 102 Å². The van der Waals surface area contributed by atoms with E-state index < -0.39 is 5.60 Å². The molecule has 5 heteroatoms. The molecule has 1 fully saturated rings. The summed E-state index contributed by atoms with van der Waals surface area (Å²) in [4.78, 5) is 4.49. The van der Waals surface area contributed by atoms with Crippen molar-refractivity contribution < 1.29 is 9.47 Å². The van der Waals surface area contributed by atoms with E-state index in [2.05, 4.69) is 72.5 Å². The standard InChI is InChI=1S/C31H35N3O2/c1-4-33(2)30(35-3)29-26-19-20-31(23-11-7-5-8-12-23,36-28(26)18-17-27(29)32)24-13-15-25(16-14-24)34-21-9-6-10-22-34/h5,7-8,11-20,32H,4,6,9-10,21-22H2,1-3H3/b30-29+,32-27?. The Hall–Kier alpha value is -3.73. The van der Waals surface area contributed by atoms with Crippen LogP contribution in [-0.4, -0.2) is 44.4 Å². The number of anilines is 1. The summed E-state index contributed by atoms with van der Waals surface area (Å²) in [5.41, 5.74) is 4.68.